The molecule has 27 heavy (non-hydrogen) atoms. The highest BCUT2D eigenvalue weighted by atomic mass is 16.5. The zero-order chi connectivity index (χ0) is 19.7. The van der Waals surface area contributed by atoms with Crippen molar-refractivity contribution in [2.75, 3.05) is 19.1 Å². The van der Waals surface area contributed by atoms with Crippen LogP contribution in [0.25, 0.3) is 0 Å². The summed E-state index contributed by atoms with van der Waals surface area (Å²) in [4.78, 5) is 26.5. The summed E-state index contributed by atoms with van der Waals surface area (Å²) < 4.78 is 10.7. The second-order valence-electron chi connectivity index (χ2n) is 6.34. The Balaban J connectivity index is 2.22. The van der Waals surface area contributed by atoms with E-state index in [1.165, 1.54) is 18.9 Å². The fraction of sp³-hybridized carbons (Fsp3) is 0.238. The van der Waals surface area contributed by atoms with Crippen molar-refractivity contribution in [2.24, 2.45) is 0 Å². The fourth-order valence-electron chi connectivity index (χ4n) is 3.28. The van der Waals surface area contributed by atoms with Gasteiger partial charge in [-0.2, -0.15) is 0 Å². The van der Waals surface area contributed by atoms with Gasteiger partial charge in [-0.15, -0.1) is 0 Å². The second-order valence-corrected chi connectivity index (χ2v) is 6.34. The number of carbonyl (C=O) groups excluding carboxylic acids is 2. The van der Waals surface area contributed by atoms with Gasteiger partial charge < -0.3 is 14.6 Å². The Morgan fingerprint density at radius 3 is 2.30 bits per heavy atom. The molecule has 6 nitrogen and oxygen atoms in total. The van der Waals surface area contributed by atoms with Gasteiger partial charge in [-0.25, -0.2) is 0 Å². The number of ether oxygens (including phenoxy) is 2. The van der Waals surface area contributed by atoms with E-state index in [0.717, 1.165) is 5.56 Å². The van der Waals surface area contributed by atoms with E-state index in [9.17, 15) is 14.7 Å². The maximum absolute atomic E-state index is 12.8. The first kappa shape index (κ1) is 18.5. The van der Waals surface area contributed by atoms with Gasteiger partial charge in [0, 0.05) is 17.3 Å². The molecule has 0 aliphatic carbocycles. The fourth-order valence-corrected chi connectivity index (χ4v) is 3.28. The molecule has 0 saturated heterocycles. The minimum Gasteiger partial charge on any atom is -0.503 e. The first-order chi connectivity index (χ1) is 12.9. The van der Waals surface area contributed by atoms with Crippen LogP contribution in [0.2, 0.25) is 0 Å². The summed E-state index contributed by atoms with van der Waals surface area (Å²) in [6.45, 7) is 3.27. The van der Waals surface area contributed by atoms with Gasteiger partial charge in [0.15, 0.2) is 11.5 Å². The van der Waals surface area contributed by atoms with Gasteiger partial charge in [0.1, 0.15) is 11.5 Å². The number of Topliss-reactive ketones (excluding diaryl/α,β-unsaturated/α-hetero) is 1. The average Bonchev–Trinajstić information content (AvgIpc) is 2.93. The largest absolute Gasteiger partial charge is 0.503 e. The lowest BCUT2D eigenvalue weighted by molar-refractivity contribution is -0.117. The molecule has 3 rings (SSSR count). The van der Waals surface area contributed by atoms with Gasteiger partial charge in [-0.05, 0) is 38.1 Å². The van der Waals surface area contributed by atoms with Crippen LogP contribution in [0.15, 0.2) is 53.8 Å². The van der Waals surface area contributed by atoms with Crippen LogP contribution < -0.4 is 14.4 Å². The number of rotatable bonds is 5. The number of aliphatic hydroxyl groups is 1. The molecule has 0 aromatic heterocycles. The van der Waals surface area contributed by atoms with Crippen LogP contribution >= 0.6 is 0 Å². The summed E-state index contributed by atoms with van der Waals surface area (Å²) in [5.41, 5.74) is 2.25. The van der Waals surface area contributed by atoms with E-state index in [1.54, 1.807) is 37.4 Å². The molecule has 1 unspecified atom stereocenters. The monoisotopic (exact) mass is 367 g/mol. The van der Waals surface area contributed by atoms with E-state index < -0.39 is 17.7 Å². The summed E-state index contributed by atoms with van der Waals surface area (Å²) in [5.74, 6) is -0.492. The smallest absolute Gasteiger partial charge is 0.294 e. The van der Waals surface area contributed by atoms with Crippen molar-refractivity contribution < 1.29 is 24.2 Å². The van der Waals surface area contributed by atoms with Crippen molar-refractivity contribution in [3.8, 4) is 11.5 Å². The van der Waals surface area contributed by atoms with Gasteiger partial charge in [0.2, 0.25) is 0 Å². The Morgan fingerprint density at radius 1 is 1.07 bits per heavy atom. The van der Waals surface area contributed by atoms with Gasteiger partial charge >= 0.3 is 0 Å². The summed E-state index contributed by atoms with van der Waals surface area (Å²) >= 11 is 0. The number of aryl methyl sites for hydroxylation is 1. The molecule has 0 radical (unpaired) electrons. The third-order valence-corrected chi connectivity index (χ3v) is 4.63. The number of amides is 1. The predicted molar refractivity (Wildman–Crippen MR) is 101 cm³/mol. The van der Waals surface area contributed by atoms with Gasteiger partial charge in [-0.1, -0.05) is 17.7 Å². The predicted octanol–water partition coefficient (Wildman–Crippen LogP) is 3.50. The molecule has 1 heterocycles. The average molecular weight is 367 g/mol. The normalized spacial score (nSPS) is 16.7. The molecular weight excluding hydrogens is 346 g/mol. The van der Waals surface area contributed by atoms with E-state index in [4.69, 9.17) is 9.47 Å². The number of benzene rings is 2. The van der Waals surface area contributed by atoms with E-state index >= 15 is 0 Å². The first-order valence-corrected chi connectivity index (χ1v) is 8.45. The summed E-state index contributed by atoms with van der Waals surface area (Å²) in [6, 6.07) is 11.7. The van der Waals surface area contributed by atoms with E-state index in [-0.39, 0.29) is 11.4 Å². The molecule has 140 valence electrons. The van der Waals surface area contributed by atoms with Crippen LogP contribution in [-0.4, -0.2) is 31.0 Å². The second kappa shape index (κ2) is 7.15. The lowest BCUT2D eigenvalue weighted by Crippen LogP contribution is -2.31. The maximum Gasteiger partial charge on any atom is 0.294 e. The number of hydrogen-bond acceptors (Lipinski definition) is 5. The highest BCUT2D eigenvalue weighted by molar-refractivity contribution is 6.16. The number of aliphatic hydroxyl groups excluding tert-OH is 1. The van der Waals surface area contributed by atoms with Crippen LogP contribution in [0.5, 0.6) is 11.5 Å². The maximum atomic E-state index is 12.8. The SMILES string of the molecule is COc1ccc(C2C(C(C)=O)=C(O)C(=O)N2c2ccc(C)cc2)c(OC)c1. The summed E-state index contributed by atoms with van der Waals surface area (Å²) in [6.07, 6.45) is 0. The lowest BCUT2D eigenvalue weighted by atomic mass is 9.95. The van der Waals surface area contributed by atoms with Gasteiger partial charge in [0.05, 0.1) is 25.8 Å². The number of hydrogen-bond donors (Lipinski definition) is 1. The molecule has 2 aromatic rings. The van der Waals surface area contributed by atoms with Crippen molar-refractivity contribution in [1.29, 1.82) is 0 Å². The topological polar surface area (TPSA) is 76.1 Å². The number of carbonyl (C=O) groups is 2. The number of nitrogens with zero attached hydrogens (tertiary/aromatic N) is 1. The number of methoxy groups -OCH3 is 2. The molecule has 6 heteroatoms. The molecule has 2 aromatic carbocycles. The Labute approximate surface area is 157 Å². The van der Waals surface area contributed by atoms with Crippen LogP contribution in [0.1, 0.15) is 24.1 Å². The van der Waals surface area contributed by atoms with Gasteiger partial charge in [0.25, 0.3) is 5.91 Å². The molecule has 0 saturated carbocycles. The van der Waals surface area contributed by atoms with Crippen molar-refractivity contribution in [3.63, 3.8) is 0 Å². The molecule has 0 spiro atoms. The Morgan fingerprint density at radius 2 is 1.74 bits per heavy atom. The molecule has 1 atom stereocenters. The van der Waals surface area contributed by atoms with Crippen LogP contribution in [-0.2, 0) is 9.59 Å². The molecule has 1 aliphatic heterocycles. The molecule has 1 aliphatic rings. The highest BCUT2D eigenvalue weighted by Gasteiger charge is 2.44. The van der Waals surface area contributed by atoms with Crippen molar-refractivity contribution in [2.45, 2.75) is 19.9 Å². The zero-order valence-corrected chi connectivity index (χ0v) is 15.6. The first-order valence-electron chi connectivity index (χ1n) is 8.45. The molecule has 0 bridgehead atoms. The van der Waals surface area contributed by atoms with Crippen LogP contribution in [0.3, 0.4) is 0 Å². The Kier molecular flexibility index (Phi) is 4.90. The molecular formula is C21H21NO5. The van der Waals surface area contributed by atoms with E-state index in [0.29, 0.717) is 22.7 Å². The Bertz CT molecular complexity index is 930. The van der Waals surface area contributed by atoms with E-state index in [2.05, 4.69) is 0 Å². The minimum absolute atomic E-state index is 0.0454. The third-order valence-electron chi connectivity index (χ3n) is 4.63. The number of anilines is 1. The minimum atomic E-state index is -0.793. The standard InChI is InChI=1S/C21H21NO5/c1-12-5-7-14(8-6-12)22-19(18(13(2)23)20(24)21(22)25)16-10-9-15(26-3)11-17(16)27-4/h5-11,19,24H,1-4H3. The summed E-state index contributed by atoms with van der Waals surface area (Å²) in [5, 5.41) is 10.4. The van der Waals surface area contributed by atoms with Gasteiger partial charge in [-0.3, -0.25) is 14.5 Å². The highest BCUT2D eigenvalue weighted by Crippen LogP contribution is 2.44. The zero-order valence-electron chi connectivity index (χ0n) is 15.6. The lowest BCUT2D eigenvalue weighted by Gasteiger charge is -2.28. The molecule has 0 fully saturated rings. The van der Waals surface area contributed by atoms with Crippen molar-refractivity contribution in [1.82, 2.24) is 0 Å². The van der Waals surface area contributed by atoms with E-state index in [1.807, 2.05) is 19.1 Å². The van der Waals surface area contributed by atoms with Crippen LogP contribution in [0.4, 0.5) is 5.69 Å². The third kappa shape index (κ3) is 3.14. The van der Waals surface area contributed by atoms with Crippen molar-refractivity contribution in [3.05, 3.63) is 64.9 Å². The Hall–Kier alpha value is -3.28. The molecule has 1 amide bonds. The summed E-state index contributed by atoms with van der Waals surface area (Å²) in [7, 11) is 3.04. The number of ketones is 1. The van der Waals surface area contributed by atoms with Crippen molar-refractivity contribution >= 4 is 17.4 Å². The van der Waals surface area contributed by atoms with Crippen LogP contribution in [0, 0.1) is 6.92 Å². The quantitative estimate of drug-likeness (QED) is 0.875. The molecule has 1 N–H and O–H groups in total.